The van der Waals surface area contributed by atoms with Crippen LogP contribution in [0.15, 0.2) is 24.3 Å². The molecule has 76 valence electrons. The molecule has 0 amide bonds. The average Bonchev–Trinajstić information content (AvgIpc) is 2.15. The molecule has 0 bridgehead atoms. The lowest BCUT2D eigenvalue weighted by molar-refractivity contribution is 0.415. The summed E-state index contributed by atoms with van der Waals surface area (Å²) in [6, 6.07) is 7.41. The predicted octanol–water partition coefficient (Wildman–Crippen LogP) is 2.95. The molecule has 2 nitrogen and oxygen atoms in total. The second-order valence-electron chi connectivity index (χ2n) is 4.16. The molecule has 14 heavy (non-hydrogen) atoms. The van der Waals surface area contributed by atoms with Crippen LogP contribution in [0, 0.1) is 0 Å². The van der Waals surface area contributed by atoms with Crippen molar-refractivity contribution in [3.8, 4) is 5.75 Å². The molecule has 1 aromatic carbocycles. The highest BCUT2D eigenvalue weighted by Crippen LogP contribution is 2.37. The second-order valence-corrected chi connectivity index (χ2v) is 6.61. The fourth-order valence-electron chi connectivity index (χ4n) is 1.10. The zero-order valence-electron chi connectivity index (χ0n) is 9.07. The van der Waals surface area contributed by atoms with Crippen molar-refractivity contribution < 1.29 is 9.30 Å². The van der Waals surface area contributed by atoms with Crippen molar-refractivity contribution >= 4 is 13.1 Å². The number of methoxy groups -OCH3 is 1. The smallest absolute Gasteiger partial charge is 0.382 e. The van der Waals surface area contributed by atoms with Gasteiger partial charge in [-0.1, -0.05) is 4.57 Å². The number of rotatable bonds is 2. The van der Waals surface area contributed by atoms with E-state index in [-0.39, 0.29) is 5.16 Å². The van der Waals surface area contributed by atoms with Crippen LogP contribution in [-0.4, -0.2) is 12.3 Å². The van der Waals surface area contributed by atoms with Crippen LogP contribution in [0.25, 0.3) is 0 Å². The molecule has 0 saturated heterocycles. The third-order valence-electron chi connectivity index (χ3n) is 1.92. The molecule has 0 aromatic heterocycles. The topological polar surface area (TPSA) is 26.3 Å². The Morgan fingerprint density at radius 1 is 1.14 bits per heavy atom. The third kappa shape index (κ3) is 2.55. The fraction of sp³-hybridized carbons (Fsp3) is 0.455. The van der Waals surface area contributed by atoms with Crippen LogP contribution in [0.5, 0.6) is 5.75 Å². The van der Waals surface area contributed by atoms with Gasteiger partial charge in [-0.25, -0.2) is 0 Å². The van der Waals surface area contributed by atoms with E-state index in [0.29, 0.717) is 0 Å². The van der Waals surface area contributed by atoms with E-state index in [0.717, 1.165) is 11.1 Å². The summed E-state index contributed by atoms with van der Waals surface area (Å²) in [5.41, 5.74) is 0. The lowest BCUT2D eigenvalue weighted by Crippen LogP contribution is -2.14. The standard InChI is InChI=1S/C11H16O2P/c1-11(2,3)14(12)10-7-5-9(13-4)6-8-10/h5-8H,1-4H3/q+1. The molecule has 1 rings (SSSR count). The first-order valence-electron chi connectivity index (χ1n) is 4.56. The molecule has 0 aliphatic carbocycles. The summed E-state index contributed by atoms with van der Waals surface area (Å²) in [6.45, 7) is 5.95. The minimum atomic E-state index is -1.34. The number of hydrogen-bond donors (Lipinski definition) is 0. The van der Waals surface area contributed by atoms with Crippen LogP contribution in [0.4, 0.5) is 0 Å². The van der Waals surface area contributed by atoms with Crippen LogP contribution >= 0.6 is 7.80 Å². The van der Waals surface area contributed by atoms with Crippen molar-refractivity contribution in [1.82, 2.24) is 0 Å². The van der Waals surface area contributed by atoms with Gasteiger partial charge in [0.2, 0.25) is 0 Å². The molecule has 0 radical (unpaired) electrons. The number of hydrogen-bond acceptors (Lipinski definition) is 2. The van der Waals surface area contributed by atoms with E-state index >= 15 is 0 Å². The Morgan fingerprint density at radius 3 is 2.00 bits per heavy atom. The highest BCUT2D eigenvalue weighted by Gasteiger charge is 2.36. The normalized spacial score (nSPS) is 12.4. The monoisotopic (exact) mass is 211 g/mol. The van der Waals surface area contributed by atoms with Crippen LogP contribution in [-0.2, 0) is 4.57 Å². The molecule has 1 aromatic rings. The number of ether oxygens (including phenoxy) is 1. The van der Waals surface area contributed by atoms with Crippen molar-refractivity contribution in [2.24, 2.45) is 0 Å². The molecule has 0 heterocycles. The maximum absolute atomic E-state index is 12.0. The van der Waals surface area contributed by atoms with E-state index in [1.807, 2.05) is 45.0 Å². The Bertz CT molecular complexity index is 322. The molecular formula is C11H16O2P+. The van der Waals surface area contributed by atoms with Gasteiger partial charge in [0, 0.05) is 0 Å². The van der Waals surface area contributed by atoms with Crippen molar-refractivity contribution in [2.45, 2.75) is 25.9 Å². The van der Waals surface area contributed by atoms with E-state index in [1.165, 1.54) is 0 Å². The summed E-state index contributed by atoms with van der Waals surface area (Å²) in [5.74, 6) is 0.797. The SMILES string of the molecule is COc1ccc([P+](=O)C(C)(C)C)cc1. The summed E-state index contributed by atoms with van der Waals surface area (Å²) < 4.78 is 17.0. The summed E-state index contributed by atoms with van der Waals surface area (Å²) in [5, 5.41) is 0.706. The quantitative estimate of drug-likeness (QED) is 0.703. The first-order chi connectivity index (χ1) is 6.45. The van der Waals surface area contributed by atoms with Crippen LogP contribution in [0.1, 0.15) is 20.8 Å². The minimum absolute atomic E-state index is 0.177. The van der Waals surface area contributed by atoms with Crippen molar-refractivity contribution in [1.29, 1.82) is 0 Å². The predicted molar refractivity (Wildman–Crippen MR) is 60.0 cm³/mol. The largest absolute Gasteiger partial charge is 0.497 e. The summed E-state index contributed by atoms with van der Waals surface area (Å²) in [6.07, 6.45) is 0. The molecule has 3 heteroatoms. The van der Waals surface area contributed by atoms with Gasteiger partial charge in [0.1, 0.15) is 5.75 Å². The van der Waals surface area contributed by atoms with Gasteiger partial charge in [-0.15, -0.1) is 0 Å². The van der Waals surface area contributed by atoms with Gasteiger partial charge in [-0.2, -0.15) is 0 Å². The molecule has 0 spiro atoms. The Kier molecular flexibility index (Phi) is 3.28. The minimum Gasteiger partial charge on any atom is -0.497 e. The van der Waals surface area contributed by atoms with E-state index in [4.69, 9.17) is 4.74 Å². The van der Waals surface area contributed by atoms with Gasteiger partial charge in [0.15, 0.2) is 10.5 Å². The van der Waals surface area contributed by atoms with Gasteiger partial charge < -0.3 is 4.74 Å². The Morgan fingerprint density at radius 2 is 1.64 bits per heavy atom. The summed E-state index contributed by atoms with van der Waals surface area (Å²) >= 11 is 0. The van der Waals surface area contributed by atoms with E-state index in [2.05, 4.69) is 0 Å². The molecular weight excluding hydrogens is 195 g/mol. The summed E-state index contributed by atoms with van der Waals surface area (Å²) in [7, 11) is 0.284. The molecule has 0 aliphatic rings. The molecule has 1 atom stereocenters. The second kappa shape index (κ2) is 4.10. The Balaban J connectivity index is 2.93. The van der Waals surface area contributed by atoms with Crippen molar-refractivity contribution in [3.63, 3.8) is 0 Å². The zero-order valence-corrected chi connectivity index (χ0v) is 9.97. The van der Waals surface area contributed by atoms with Gasteiger partial charge in [-0.05, 0) is 45.0 Å². The number of benzene rings is 1. The van der Waals surface area contributed by atoms with Gasteiger partial charge in [-0.3, -0.25) is 0 Å². The molecule has 0 N–H and O–H groups in total. The Hall–Kier alpha value is -0.880. The van der Waals surface area contributed by atoms with Gasteiger partial charge >= 0.3 is 7.80 Å². The lowest BCUT2D eigenvalue weighted by Gasteiger charge is -2.04. The molecule has 1 unspecified atom stereocenters. The maximum Gasteiger partial charge on any atom is 0.382 e. The van der Waals surface area contributed by atoms with Crippen molar-refractivity contribution in [2.75, 3.05) is 7.11 Å². The van der Waals surface area contributed by atoms with Gasteiger partial charge in [0.25, 0.3) is 0 Å². The first kappa shape index (κ1) is 11.2. The molecule has 0 saturated carbocycles. The molecule has 0 fully saturated rings. The zero-order chi connectivity index (χ0) is 10.8. The van der Waals surface area contributed by atoms with E-state index < -0.39 is 7.80 Å². The Labute approximate surface area is 86.1 Å². The van der Waals surface area contributed by atoms with Gasteiger partial charge in [0.05, 0.1) is 7.11 Å². The fourth-order valence-corrected chi connectivity index (χ4v) is 2.30. The van der Waals surface area contributed by atoms with Crippen LogP contribution < -0.4 is 10.0 Å². The summed E-state index contributed by atoms with van der Waals surface area (Å²) in [4.78, 5) is 0. The van der Waals surface area contributed by atoms with E-state index in [1.54, 1.807) is 7.11 Å². The highest BCUT2D eigenvalue weighted by molar-refractivity contribution is 7.55. The van der Waals surface area contributed by atoms with Crippen LogP contribution in [0.2, 0.25) is 0 Å². The van der Waals surface area contributed by atoms with Crippen LogP contribution in [0.3, 0.4) is 0 Å². The molecule has 0 aliphatic heterocycles. The average molecular weight is 211 g/mol. The lowest BCUT2D eigenvalue weighted by atomic mass is 10.3. The maximum atomic E-state index is 12.0. The third-order valence-corrected chi connectivity index (χ3v) is 3.90. The van der Waals surface area contributed by atoms with Crippen molar-refractivity contribution in [3.05, 3.63) is 24.3 Å². The first-order valence-corrected chi connectivity index (χ1v) is 5.82. The van der Waals surface area contributed by atoms with E-state index in [9.17, 15) is 4.57 Å². The highest BCUT2D eigenvalue weighted by atomic mass is 31.1.